The molecule has 1 aromatic heterocycles. The second kappa shape index (κ2) is 4.30. The highest BCUT2D eigenvalue weighted by atomic mass is 79.9. The van der Waals surface area contributed by atoms with Crippen molar-refractivity contribution in [3.63, 3.8) is 0 Å². The summed E-state index contributed by atoms with van der Waals surface area (Å²) in [4.78, 5) is 7.83. The summed E-state index contributed by atoms with van der Waals surface area (Å²) >= 11 is 3.56. The molecule has 0 bridgehead atoms. The van der Waals surface area contributed by atoms with Crippen LogP contribution in [0.5, 0.6) is 0 Å². The number of rotatable bonds is 1. The van der Waals surface area contributed by atoms with Gasteiger partial charge in [0.15, 0.2) is 0 Å². The van der Waals surface area contributed by atoms with E-state index in [1.54, 1.807) is 0 Å². The summed E-state index contributed by atoms with van der Waals surface area (Å²) in [5, 5.41) is 0. The first kappa shape index (κ1) is 12.4. The summed E-state index contributed by atoms with van der Waals surface area (Å²) in [6.07, 6.45) is 1.90. The van der Waals surface area contributed by atoms with Crippen LogP contribution in [0, 0.1) is 6.92 Å². The number of aryl methyl sites for hydroxylation is 1. The summed E-state index contributed by atoms with van der Waals surface area (Å²) < 4.78 is 1.13. The van der Waals surface area contributed by atoms with Crippen molar-refractivity contribution < 1.29 is 0 Å². The second-order valence-corrected chi connectivity index (χ2v) is 6.21. The molecule has 0 aliphatic heterocycles. The van der Waals surface area contributed by atoms with Gasteiger partial charge in [-0.15, -0.1) is 0 Å². The number of benzene rings is 1. The normalized spacial score (nSPS) is 11.8. The van der Waals surface area contributed by atoms with Gasteiger partial charge in [0.2, 0.25) is 0 Å². The van der Waals surface area contributed by atoms with Gasteiger partial charge >= 0.3 is 0 Å². The number of imidazole rings is 1. The molecular weight excluding hydrogens is 276 g/mol. The summed E-state index contributed by atoms with van der Waals surface area (Å²) in [5.74, 6) is 1.02. The summed E-state index contributed by atoms with van der Waals surface area (Å²) in [7, 11) is 0. The Hall–Kier alpha value is -1.09. The molecule has 0 aliphatic rings. The Kier molecular flexibility index (Phi) is 3.13. The first-order valence-electron chi connectivity index (χ1n) is 5.70. The predicted molar refractivity (Wildman–Crippen MR) is 75.2 cm³/mol. The third-order valence-electron chi connectivity index (χ3n) is 2.77. The molecule has 2 rings (SSSR count). The van der Waals surface area contributed by atoms with Gasteiger partial charge in [0.05, 0.1) is 11.9 Å². The van der Waals surface area contributed by atoms with Gasteiger partial charge in [0.1, 0.15) is 5.82 Å². The fourth-order valence-corrected chi connectivity index (χ4v) is 1.99. The van der Waals surface area contributed by atoms with Gasteiger partial charge < -0.3 is 4.98 Å². The fourth-order valence-electron chi connectivity index (χ4n) is 1.61. The maximum absolute atomic E-state index is 4.45. The third kappa shape index (κ3) is 2.60. The number of nitrogens with zero attached hydrogens (tertiary/aromatic N) is 1. The molecule has 0 aliphatic carbocycles. The lowest BCUT2D eigenvalue weighted by Crippen LogP contribution is -2.13. The molecule has 0 spiro atoms. The summed E-state index contributed by atoms with van der Waals surface area (Å²) in [6, 6.07) is 6.34. The Morgan fingerprint density at radius 3 is 2.47 bits per heavy atom. The highest BCUT2D eigenvalue weighted by Crippen LogP contribution is 2.26. The zero-order valence-corrected chi connectivity index (χ0v) is 12.2. The number of hydrogen-bond donors (Lipinski definition) is 1. The van der Waals surface area contributed by atoms with E-state index in [1.165, 1.54) is 5.56 Å². The van der Waals surface area contributed by atoms with E-state index in [-0.39, 0.29) is 5.41 Å². The van der Waals surface area contributed by atoms with Crippen LogP contribution in [0.2, 0.25) is 0 Å². The Balaban J connectivity index is 2.40. The van der Waals surface area contributed by atoms with Crippen LogP contribution < -0.4 is 0 Å². The maximum atomic E-state index is 4.45. The highest BCUT2D eigenvalue weighted by molar-refractivity contribution is 9.10. The number of aromatic amines is 1. The minimum absolute atomic E-state index is 0.0557. The molecule has 0 radical (unpaired) electrons. The standard InChI is InChI=1S/C14H17BrN2/c1-9-5-6-10(7-11(9)15)12-8-16-13(17-12)14(2,3)4/h5-8H,1-4H3,(H,16,17). The molecule has 0 atom stereocenters. The van der Waals surface area contributed by atoms with Gasteiger partial charge in [-0.2, -0.15) is 0 Å². The Labute approximate surface area is 111 Å². The van der Waals surface area contributed by atoms with Crippen molar-refractivity contribution in [1.29, 1.82) is 0 Å². The molecule has 90 valence electrons. The van der Waals surface area contributed by atoms with Gasteiger partial charge in [-0.3, -0.25) is 0 Å². The summed E-state index contributed by atoms with van der Waals surface area (Å²) in [5.41, 5.74) is 3.52. The molecule has 0 saturated carbocycles. The SMILES string of the molecule is Cc1ccc(-c2cnc(C(C)(C)C)[nH]2)cc1Br. The van der Waals surface area contributed by atoms with Crippen molar-refractivity contribution in [3.05, 3.63) is 40.3 Å². The van der Waals surface area contributed by atoms with E-state index in [4.69, 9.17) is 0 Å². The van der Waals surface area contributed by atoms with Crippen LogP contribution in [0.25, 0.3) is 11.3 Å². The average molecular weight is 293 g/mol. The smallest absolute Gasteiger partial charge is 0.111 e. The van der Waals surface area contributed by atoms with Gasteiger partial charge in [-0.1, -0.05) is 48.8 Å². The van der Waals surface area contributed by atoms with Crippen LogP contribution in [0.3, 0.4) is 0 Å². The zero-order valence-electron chi connectivity index (χ0n) is 10.6. The fraction of sp³-hybridized carbons (Fsp3) is 0.357. The van der Waals surface area contributed by atoms with E-state index in [1.807, 2.05) is 6.20 Å². The number of H-pyrrole nitrogens is 1. The van der Waals surface area contributed by atoms with Crippen LogP contribution >= 0.6 is 15.9 Å². The van der Waals surface area contributed by atoms with Crippen molar-refractivity contribution >= 4 is 15.9 Å². The lowest BCUT2D eigenvalue weighted by Gasteiger charge is -2.14. The molecule has 0 fully saturated rings. The molecule has 3 heteroatoms. The minimum atomic E-state index is 0.0557. The van der Waals surface area contributed by atoms with E-state index in [9.17, 15) is 0 Å². The van der Waals surface area contributed by atoms with Crippen molar-refractivity contribution in [1.82, 2.24) is 9.97 Å². The Morgan fingerprint density at radius 2 is 1.94 bits per heavy atom. The van der Waals surface area contributed by atoms with Crippen LogP contribution in [0.4, 0.5) is 0 Å². The molecule has 1 N–H and O–H groups in total. The number of hydrogen-bond acceptors (Lipinski definition) is 1. The van der Waals surface area contributed by atoms with E-state index in [2.05, 4.69) is 71.8 Å². The van der Waals surface area contributed by atoms with Gasteiger partial charge in [-0.05, 0) is 18.6 Å². The van der Waals surface area contributed by atoms with E-state index >= 15 is 0 Å². The lowest BCUT2D eigenvalue weighted by molar-refractivity contribution is 0.553. The minimum Gasteiger partial charge on any atom is -0.342 e. The summed E-state index contributed by atoms with van der Waals surface area (Å²) in [6.45, 7) is 8.55. The monoisotopic (exact) mass is 292 g/mol. The second-order valence-electron chi connectivity index (χ2n) is 5.36. The highest BCUT2D eigenvalue weighted by Gasteiger charge is 2.17. The van der Waals surface area contributed by atoms with Crippen LogP contribution in [0.15, 0.2) is 28.9 Å². The number of nitrogens with one attached hydrogen (secondary N) is 1. The largest absolute Gasteiger partial charge is 0.342 e. The topological polar surface area (TPSA) is 28.7 Å². The van der Waals surface area contributed by atoms with Crippen molar-refractivity contribution in [2.75, 3.05) is 0 Å². The molecule has 1 heterocycles. The van der Waals surface area contributed by atoms with Gasteiger partial charge in [-0.25, -0.2) is 4.98 Å². The molecule has 0 saturated heterocycles. The average Bonchev–Trinajstić information content (AvgIpc) is 2.70. The third-order valence-corrected chi connectivity index (χ3v) is 3.62. The molecule has 1 aromatic carbocycles. The zero-order chi connectivity index (χ0) is 12.6. The number of aromatic nitrogens is 2. The predicted octanol–water partition coefficient (Wildman–Crippen LogP) is 4.45. The molecule has 0 amide bonds. The van der Waals surface area contributed by atoms with Crippen molar-refractivity contribution in [2.45, 2.75) is 33.1 Å². The van der Waals surface area contributed by atoms with Crippen molar-refractivity contribution in [3.8, 4) is 11.3 Å². The van der Waals surface area contributed by atoms with Crippen LogP contribution in [-0.4, -0.2) is 9.97 Å². The first-order valence-corrected chi connectivity index (χ1v) is 6.49. The number of halogens is 1. The molecule has 2 nitrogen and oxygen atoms in total. The molecular formula is C14H17BrN2. The van der Waals surface area contributed by atoms with Crippen LogP contribution in [-0.2, 0) is 5.41 Å². The molecule has 17 heavy (non-hydrogen) atoms. The van der Waals surface area contributed by atoms with Gasteiger partial charge in [0, 0.05) is 15.5 Å². The van der Waals surface area contributed by atoms with E-state index in [0.717, 1.165) is 21.6 Å². The van der Waals surface area contributed by atoms with Gasteiger partial charge in [0.25, 0.3) is 0 Å². The van der Waals surface area contributed by atoms with Crippen LogP contribution in [0.1, 0.15) is 32.2 Å². The van der Waals surface area contributed by atoms with Crippen molar-refractivity contribution in [2.24, 2.45) is 0 Å². The lowest BCUT2D eigenvalue weighted by atomic mass is 9.96. The van der Waals surface area contributed by atoms with E-state index in [0.29, 0.717) is 0 Å². The van der Waals surface area contributed by atoms with E-state index < -0.39 is 0 Å². The first-order chi connectivity index (χ1) is 7.88. The molecule has 2 aromatic rings. The Bertz CT molecular complexity index is 535. The Morgan fingerprint density at radius 1 is 1.24 bits per heavy atom. The maximum Gasteiger partial charge on any atom is 0.111 e. The molecule has 0 unspecified atom stereocenters. The quantitative estimate of drug-likeness (QED) is 0.827.